The summed E-state index contributed by atoms with van der Waals surface area (Å²) in [5.41, 5.74) is 6.13. The maximum absolute atomic E-state index is 12.4. The van der Waals surface area contributed by atoms with Crippen LogP contribution in [0.5, 0.6) is 0 Å². The minimum absolute atomic E-state index is 0.00166. The largest absolute Gasteiger partial charge is 0.326 e. The van der Waals surface area contributed by atoms with E-state index in [-0.39, 0.29) is 5.91 Å². The van der Waals surface area contributed by atoms with Gasteiger partial charge in [-0.1, -0.05) is 32.0 Å². The first-order chi connectivity index (χ1) is 13.5. The third-order valence-corrected chi connectivity index (χ3v) is 6.28. The molecule has 0 radical (unpaired) electrons. The van der Waals surface area contributed by atoms with Gasteiger partial charge in [0.1, 0.15) is 11.1 Å². The van der Waals surface area contributed by atoms with Crippen molar-refractivity contribution in [1.82, 2.24) is 4.98 Å². The normalized spacial score (nSPS) is 15.6. The molecule has 5 heteroatoms. The maximum Gasteiger partial charge on any atom is 0.225 e. The van der Waals surface area contributed by atoms with Gasteiger partial charge in [-0.05, 0) is 61.3 Å². The summed E-state index contributed by atoms with van der Waals surface area (Å²) >= 11 is 1.50. The van der Waals surface area contributed by atoms with Gasteiger partial charge in [-0.25, -0.2) is 4.98 Å². The predicted octanol–water partition coefficient (Wildman–Crippen LogP) is 5.07. The fourth-order valence-electron chi connectivity index (χ4n) is 3.66. The molecular weight excluding hydrogens is 366 g/mol. The number of aryl methyl sites for hydroxylation is 3. The van der Waals surface area contributed by atoms with E-state index >= 15 is 0 Å². The standard InChI is InChI=1S/C23H27N3OS/c1-4-17-7-5-6-16(3)22(17)26-21(27)10-11-28-23-19(14-24)13-18-12-15(2)8-9-20(18)25-23/h5-7,13,15H,4,8-12H2,1-3H3,(H,26,27). The van der Waals surface area contributed by atoms with Crippen LogP contribution in [0.2, 0.25) is 0 Å². The van der Waals surface area contributed by atoms with E-state index in [0.29, 0.717) is 23.7 Å². The molecule has 1 N–H and O–H groups in total. The molecule has 0 bridgehead atoms. The molecule has 2 aromatic rings. The topological polar surface area (TPSA) is 65.8 Å². The predicted molar refractivity (Wildman–Crippen MR) is 115 cm³/mol. The summed E-state index contributed by atoms with van der Waals surface area (Å²) < 4.78 is 0. The number of carbonyl (C=O) groups excluding carboxylic acids is 1. The van der Waals surface area contributed by atoms with E-state index in [4.69, 9.17) is 4.98 Å². The van der Waals surface area contributed by atoms with Crippen LogP contribution in [0.4, 0.5) is 5.69 Å². The van der Waals surface area contributed by atoms with Gasteiger partial charge in [-0.15, -0.1) is 11.8 Å². The van der Waals surface area contributed by atoms with Gasteiger partial charge in [0, 0.05) is 23.6 Å². The summed E-state index contributed by atoms with van der Waals surface area (Å²) in [5, 5.41) is 13.3. The quantitative estimate of drug-likeness (QED) is 0.696. The van der Waals surface area contributed by atoms with E-state index < -0.39 is 0 Å². The van der Waals surface area contributed by atoms with Gasteiger partial charge in [-0.3, -0.25) is 4.79 Å². The monoisotopic (exact) mass is 393 g/mol. The minimum atomic E-state index is 0.00166. The van der Waals surface area contributed by atoms with Crippen molar-refractivity contribution in [3.8, 4) is 6.07 Å². The molecule has 0 spiro atoms. The number of fused-ring (bicyclic) bond motifs is 1. The fraction of sp³-hybridized carbons (Fsp3) is 0.435. The second kappa shape index (κ2) is 9.25. The Labute approximate surface area is 171 Å². The number of nitriles is 1. The van der Waals surface area contributed by atoms with Crippen LogP contribution in [0.3, 0.4) is 0 Å². The molecule has 1 heterocycles. The number of aromatic nitrogens is 1. The highest BCUT2D eigenvalue weighted by Gasteiger charge is 2.19. The van der Waals surface area contributed by atoms with E-state index in [1.54, 1.807) is 0 Å². The Morgan fingerprint density at radius 3 is 3.00 bits per heavy atom. The van der Waals surface area contributed by atoms with E-state index in [1.165, 1.54) is 17.3 Å². The van der Waals surface area contributed by atoms with Crippen molar-refractivity contribution in [2.24, 2.45) is 5.92 Å². The first-order valence-electron chi connectivity index (χ1n) is 9.95. The van der Waals surface area contributed by atoms with Crippen LogP contribution < -0.4 is 5.32 Å². The number of thioether (sulfide) groups is 1. The molecule has 28 heavy (non-hydrogen) atoms. The average molecular weight is 394 g/mol. The number of pyridine rings is 1. The molecule has 1 unspecified atom stereocenters. The van der Waals surface area contributed by atoms with Gasteiger partial charge < -0.3 is 5.32 Å². The third-order valence-electron chi connectivity index (χ3n) is 5.29. The van der Waals surface area contributed by atoms with Gasteiger partial charge in [0.15, 0.2) is 0 Å². The zero-order valence-electron chi connectivity index (χ0n) is 16.8. The molecule has 0 saturated carbocycles. The summed E-state index contributed by atoms with van der Waals surface area (Å²) in [6, 6.07) is 10.4. The number of nitrogens with zero attached hydrogens (tertiary/aromatic N) is 2. The molecule has 0 aliphatic heterocycles. The number of carbonyl (C=O) groups is 1. The molecule has 1 atom stereocenters. The maximum atomic E-state index is 12.4. The Kier molecular flexibility index (Phi) is 6.74. The van der Waals surface area contributed by atoms with Crippen LogP contribution in [0.15, 0.2) is 29.3 Å². The van der Waals surface area contributed by atoms with Gasteiger partial charge in [0.05, 0.1) is 5.56 Å². The molecule has 1 amide bonds. The smallest absolute Gasteiger partial charge is 0.225 e. The van der Waals surface area contributed by atoms with Crippen LogP contribution in [-0.2, 0) is 24.1 Å². The number of hydrogen-bond acceptors (Lipinski definition) is 4. The van der Waals surface area contributed by atoms with Crippen molar-refractivity contribution in [2.45, 2.75) is 57.9 Å². The SMILES string of the molecule is CCc1cccc(C)c1NC(=O)CCSc1nc2c(cc1C#N)CC(C)CC2. The van der Waals surface area contributed by atoms with E-state index in [9.17, 15) is 10.1 Å². The number of anilines is 1. The molecule has 3 rings (SSSR count). The lowest BCUT2D eigenvalue weighted by Gasteiger charge is -2.21. The Balaban J connectivity index is 1.62. The number of nitrogens with one attached hydrogen (secondary N) is 1. The van der Waals surface area contributed by atoms with Crippen LogP contribution in [0, 0.1) is 24.2 Å². The second-order valence-corrected chi connectivity index (χ2v) is 8.60. The van der Waals surface area contributed by atoms with E-state index in [0.717, 1.165) is 53.2 Å². The van der Waals surface area contributed by atoms with Crippen LogP contribution in [0.1, 0.15) is 54.6 Å². The summed E-state index contributed by atoms with van der Waals surface area (Å²) in [6.07, 6.45) is 4.40. The molecule has 0 fully saturated rings. The number of para-hydroxylation sites is 1. The second-order valence-electron chi connectivity index (χ2n) is 7.52. The molecule has 1 aliphatic rings. The van der Waals surface area contributed by atoms with Gasteiger partial charge in [0.25, 0.3) is 0 Å². The zero-order valence-corrected chi connectivity index (χ0v) is 17.7. The van der Waals surface area contributed by atoms with Crippen molar-refractivity contribution in [1.29, 1.82) is 5.26 Å². The highest BCUT2D eigenvalue weighted by molar-refractivity contribution is 7.99. The van der Waals surface area contributed by atoms with Crippen molar-refractivity contribution in [3.05, 3.63) is 52.2 Å². The molecule has 0 saturated heterocycles. The number of hydrogen-bond donors (Lipinski definition) is 1. The first-order valence-corrected chi connectivity index (χ1v) is 10.9. The lowest BCUT2D eigenvalue weighted by atomic mass is 9.87. The summed E-state index contributed by atoms with van der Waals surface area (Å²) in [4.78, 5) is 17.2. The van der Waals surface area contributed by atoms with Crippen molar-refractivity contribution in [2.75, 3.05) is 11.1 Å². The molecule has 146 valence electrons. The Hall–Kier alpha value is -2.32. The van der Waals surface area contributed by atoms with E-state index in [2.05, 4.69) is 31.3 Å². The highest BCUT2D eigenvalue weighted by Crippen LogP contribution is 2.30. The van der Waals surface area contributed by atoms with Gasteiger partial charge in [0.2, 0.25) is 5.91 Å². The third kappa shape index (κ3) is 4.74. The lowest BCUT2D eigenvalue weighted by Crippen LogP contribution is -2.15. The first kappa shape index (κ1) is 20.4. The lowest BCUT2D eigenvalue weighted by molar-refractivity contribution is -0.115. The molecule has 1 aromatic heterocycles. The number of amides is 1. The van der Waals surface area contributed by atoms with Crippen molar-refractivity contribution < 1.29 is 4.79 Å². The zero-order chi connectivity index (χ0) is 20.1. The molecule has 4 nitrogen and oxygen atoms in total. The van der Waals surface area contributed by atoms with E-state index in [1.807, 2.05) is 25.1 Å². The van der Waals surface area contributed by atoms with Gasteiger partial charge >= 0.3 is 0 Å². The van der Waals surface area contributed by atoms with Crippen LogP contribution in [0.25, 0.3) is 0 Å². The fourth-order valence-corrected chi connectivity index (χ4v) is 4.58. The summed E-state index contributed by atoms with van der Waals surface area (Å²) in [7, 11) is 0. The molecule has 1 aliphatic carbocycles. The van der Waals surface area contributed by atoms with Gasteiger partial charge in [-0.2, -0.15) is 5.26 Å². The average Bonchev–Trinajstić information content (AvgIpc) is 2.69. The minimum Gasteiger partial charge on any atom is -0.326 e. The Morgan fingerprint density at radius 2 is 2.25 bits per heavy atom. The highest BCUT2D eigenvalue weighted by atomic mass is 32.2. The van der Waals surface area contributed by atoms with Crippen molar-refractivity contribution in [3.63, 3.8) is 0 Å². The molecular formula is C23H27N3OS. The number of benzene rings is 1. The van der Waals surface area contributed by atoms with Crippen molar-refractivity contribution >= 4 is 23.4 Å². The Morgan fingerprint density at radius 1 is 1.43 bits per heavy atom. The summed E-state index contributed by atoms with van der Waals surface area (Å²) in [6.45, 7) is 6.35. The van der Waals surface area contributed by atoms with Crippen LogP contribution >= 0.6 is 11.8 Å². The van der Waals surface area contributed by atoms with Crippen LogP contribution in [-0.4, -0.2) is 16.6 Å². The number of rotatable bonds is 6. The summed E-state index contributed by atoms with van der Waals surface area (Å²) in [5.74, 6) is 1.26. The Bertz CT molecular complexity index is 917. The molecule has 1 aromatic carbocycles.